The first-order valence-electron chi connectivity index (χ1n) is 14.7. The fourth-order valence-corrected chi connectivity index (χ4v) is 7.37. The summed E-state index contributed by atoms with van der Waals surface area (Å²) in [4.78, 5) is 29.6. The maximum absolute atomic E-state index is 14.3. The molecular weight excluding hydrogens is 552 g/mol. The second-order valence-corrected chi connectivity index (χ2v) is 13.1. The van der Waals surface area contributed by atoms with Gasteiger partial charge < -0.3 is 4.74 Å². The Morgan fingerprint density at radius 2 is 1.26 bits per heavy atom. The van der Waals surface area contributed by atoms with Crippen molar-refractivity contribution in [1.29, 1.82) is 0 Å². The van der Waals surface area contributed by atoms with Gasteiger partial charge in [0.25, 0.3) is 0 Å². The Hall–Kier alpha value is -4.13. The average molecular weight is 589 g/mol. The van der Waals surface area contributed by atoms with Crippen LogP contribution in [0.15, 0.2) is 133 Å². The SMILES string of the molecule is CC(C)(C)OC(=O)C1=C(Cc2ccccc2)CS[C@@H]2C(NC(c3ccccc3)(c3ccccc3)c3ccccc3)C(=O)N12. The Kier molecular flexibility index (Phi) is 7.99. The molecule has 0 radical (unpaired) electrons. The van der Waals surface area contributed by atoms with Crippen molar-refractivity contribution in [2.24, 2.45) is 0 Å². The molecule has 4 aromatic carbocycles. The quantitative estimate of drug-likeness (QED) is 0.141. The van der Waals surface area contributed by atoms with Crippen LogP contribution in [0.4, 0.5) is 0 Å². The normalized spacial score (nSPS) is 18.6. The molecule has 0 saturated carbocycles. The lowest BCUT2D eigenvalue weighted by atomic mass is 9.76. The average Bonchev–Trinajstić information content (AvgIpc) is 3.02. The highest BCUT2D eigenvalue weighted by molar-refractivity contribution is 8.00. The fraction of sp³-hybridized carbons (Fsp3) is 0.243. The van der Waals surface area contributed by atoms with E-state index in [1.165, 1.54) is 0 Å². The topological polar surface area (TPSA) is 58.6 Å². The Morgan fingerprint density at radius 3 is 1.72 bits per heavy atom. The number of carbonyl (C=O) groups is 2. The predicted octanol–water partition coefficient (Wildman–Crippen LogP) is 6.69. The lowest BCUT2D eigenvalue weighted by molar-refractivity contribution is -0.158. The monoisotopic (exact) mass is 588 g/mol. The van der Waals surface area contributed by atoms with Crippen LogP contribution in [0.25, 0.3) is 0 Å². The van der Waals surface area contributed by atoms with Crippen molar-refractivity contribution in [3.8, 4) is 0 Å². The number of rotatable bonds is 8. The highest BCUT2D eigenvalue weighted by Crippen LogP contribution is 2.45. The molecule has 0 spiro atoms. The van der Waals surface area contributed by atoms with Crippen LogP contribution in [0.3, 0.4) is 0 Å². The zero-order chi connectivity index (χ0) is 30.0. The molecule has 0 aromatic heterocycles. The van der Waals surface area contributed by atoms with Gasteiger partial charge in [-0.15, -0.1) is 11.8 Å². The number of thioether (sulfide) groups is 1. The molecule has 0 bridgehead atoms. The van der Waals surface area contributed by atoms with E-state index in [2.05, 4.69) is 41.7 Å². The summed E-state index contributed by atoms with van der Waals surface area (Å²) in [6, 6.07) is 40.3. The number of carbonyl (C=O) groups excluding carboxylic acids is 2. The third kappa shape index (κ3) is 5.65. The summed E-state index contributed by atoms with van der Waals surface area (Å²) in [5.41, 5.74) is 4.01. The number of hydrogen-bond acceptors (Lipinski definition) is 5. The molecule has 218 valence electrons. The van der Waals surface area contributed by atoms with Crippen molar-refractivity contribution in [1.82, 2.24) is 10.2 Å². The van der Waals surface area contributed by atoms with E-state index in [1.807, 2.05) is 106 Å². The van der Waals surface area contributed by atoms with Crippen molar-refractivity contribution in [2.75, 3.05) is 5.75 Å². The van der Waals surface area contributed by atoms with Crippen LogP contribution in [0.5, 0.6) is 0 Å². The van der Waals surface area contributed by atoms with Gasteiger partial charge >= 0.3 is 5.97 Å². The van der Waals surface area contributed by atoms with Crippen LogP contribution < -0.4 is 5.32 Å². The Labute approximate surface area is 258 Å². The molecule has 1 saturated heterocycles. The number of hydrogen-bond donors (Lipinski definition) is 1. The molecule has 43 heavy (non-hydrogen) atoms. The van der Waals surface area contributed by atoms with Gasteiger partial charge in [-0.2, -0.15) is 0 Å². The lowest BCUT2D eigenvalue weighted by Gasteiger charge is -2.53. The molecule has 1 amide bonds. The molecule has 6 heteroatoms. The molecule has 1 fully saturated rings. The molecular formula is C37H36N2O3S. The number of esters is 1. The second kappa shape index (κ2) is 11.9. The van der Waals surface area contributed by atoms with E-state index in [0.717, 1.165) is 27.8 Å². The van der Waals surface area contributed by atoms with Crippen molar-refractivity contribution in [2.45, 2.75) is 49.7 Å². The predicted molar refractivity (Wildman–Crippen MR) is 172 cm³/mol. The van der Waals surface area contributed by atoms with Crippen LogP contribution in [0, 0.1) is 0 Å². The lowest BCUT2D eigenvalue weighted by Crippen LogP contribution is -2.73. The molecule has 0 aliphatic carbocycles. The summed E-state index contributed by atoms with van der Waals surface area (Å²) < 4.78 is 5.87. The summed E-state index contributed by atoms with van der Waals surface area (Å²) in [7, 11) is 0. The molecule has 2 heterocycles. The van der Waals surface area contributed by atoms with Crippen molar-refractivity contribution >= 4 is 23.6 Å². The van der Waals surface area contributed by atoms with Crippen LogP contribution >= 0.6 is 11.8 Å². The van der Waals surface area contributed by atoms with Crippen LogP contribution in [-0.2, 0) is 26.3 Å². The molecule has 2 aliphatic heterocycles. The van der Waals surface area contributed by atoms with E-state index in [4.69, 9.17) is 4.74 Å². The second-order valence-electron chi connectivity index (χ2n) is 12.0. The Bertz CT molecular complexity index is 1520. The minimum Gasteiger partial charge on any atom is -0.455 e. The van der Waals surface area contributed by atoms with E-state index in [9.17, 15) is 9.59 Å². The van der Waals surface area contributed by atoms with Gasteiger partial charge in [-0.3, -0.25) is 15.0 Å². The largest absolute Gasteiger partial charge is 0.455 e. The Balaban J connectivity index is 1.42. The molecule has 2 atom stereocenters. The van der Waals surface area contributed by atoms with Gasteiger partial charge in [0.05, 0.1) is 5.54 Å². The smallest absolute Gasteiger partial charge is 0.355 e. The van der Waals surface area contributed by atoms with Crippen molar-refractivity contribution < 1.29 is 14.3 Å². The zero-order valence-electron chi connectivity index (χ0n) is 24.7. The number of amides is 1. The van der Waals surface area contributed by atoms with Gasteiger partial charge in [0.1, 0.15) is 22.7 Å². The first kappa shape index (κ1) is 29.0. The number of ether oxygens (including phenoxy) is 1. The van der Waals surface area contributed by atoms with Gasteiger partial charge in [0, 0.05) is 5.75 Å². The van der Waals surface area contributed by atoms with Crippen LogP contribution in [0.2, 0.25) is 0 Å². The number of fused-ring (bicyclic) bond motifs is 1. The summed E-state index contributed by atoms with van der Waals surface area (Å²) in [6.45, 7) is 5.56. The summed E-state index contributed by atoms with van der Waals surface area (Å²) in [6.07, 6.45) is 0.582. The standard InChI is InChI=1S/C37H36N2O3S/c1-36(2,3)42-35(41)32-27(24-26-16-8-4-9-17-26)25-43-34-31(33(40)39(32)34)38-37(28-18-10-5-11-19-28,29-20-12-6-13-21-29)30-22-14-7-15-23-30/h4-23,31,34,38H,24-25H2,1-3H3/t31?,34-/m1/s1. The van der Waals surface area contributed by atoms with Crippen molar-refractivity contribution in [3.05, 3.63) is 155 Å². The number of benzene rings is 4. The minimum atomic E-state index is -0.795. The third-order valence-electron chi connectivity index (χ3n) is 7.89. The van der Waals surface area contributed by atoms with E-state index in [0.29, 0.717) is 17.9 Å². The Morgan fingerprint density at radius 1 is 0.791 bits per heavy atom. The van der Waals surface area contributed by atoms with E-state index in [1.54, 1.807) is 16.7 Å². The first-order chi connectivity index (χ1) is 20.8. The molecule has 1 unspecified atom stereocenters. The van der Waals surface area contributed by atoms with Gasteiger partial charge in [0.2, 0.25) is 5.91 Å². The fourth-order valence-electron chi connectivity index (χ4n) is 6.02. The van der Waals surface area contributed by atoms with Crippen molar-refractivity contribution in [3.63, 3.8) is 0 Å². The number of nitrogens with zero attached hydrogens (tertiary/aromatic N) is 1. The molecule has 2 aliphatic rings. The van der Waals surface area contributed by atoms with Crippen LogP contribution in [-0.4, -0.2) is 39.5 Å². The van der Waals surface area contributed by atoms with E-state index < -0.39 is 23.2 Å². The minimum absolute atomic E-state index is 0.129. The van der Waals surface area contributed by atoms with E-state index in [-0.39, 0.29) is 11.3 Å². The first-order valence-corrected chi connectivity index (χ1v) is 15.7. The van der Waals surface area contributed by atoms with Gasteiger partial charge in [-0.1, -0.05) is 121 Å². The van der Waals surface area contributed by atoms with Gasteiger partial charge in [0.15, 0.2) is 0 Å². The molecule has 5 nitrogen and oxygen atoms in total. The summed E-state index contributed by atoms with van der Waals surface area (Å²) >= 11 is 1.69. The molecule has 6 rings (SSSR count). The van der Waals surface area contributed by atoms with Gasteiger partial charge in [-0.05, 0) is 55.0 Å². The molecule has 4 aromatic rings. The molecule has 1 N–H and O–H groups in total. The third-order valence-corrected chi connectivity index (χ3v) is 9.23. The van der Waals surface area contributed by atoms with Gasteiger partial charge in [-0.25, -0.2) is 4.79 Å². The number of β-lactam (4-membered cyclic amide) rings is 1. The summed E-state index contributed by atoms with van der Waals surface area (Å²) in [5.74, 6) is 0.0530. The summed E-state index contributed by atoms with van der Waals surface area (Å²) in [5, 5.41) is 3.59. The maximum atomic E-state index is 14.3. The zero-order valence-corrected chi connectivity index (χ0v) is 25.5. The van der Waals surface area contributed by atoms with E-state index >= 15 is 0 Å². The van der Waals surface area contributed by atoms with Crippen LogP contribution in [0.1, 0.15) is 43.0 Å². The maximum Gasteiger partial charge on any atom is 0.355 e. The highest BCUT2D eigenvalue weighted by Gasteiger charge is 2.56. The highest BCUT2D eigenvalue weighted by atomic mass is 32.2. The number of nitrogens with one attached hydrogen (secondary N) is 1.